The Morgan fingerprint density at radius 1 is 0.706 bits per heavy atom. The lowest BCUT2D eigenvalue weighted by Gasteiger charge is -2.42. The van der Waals surface area contributed by atoms with E-state index in [1.165, 1.54) is 0 Å². The molecule has 0 heterocycles. The Hall–Kier alpha value is -1.54. The van der Waals surface area contributed by atoms with E-state index < -0.39 is 16.6 Å². The number of hydrogen-bond donors (Lipinski definition) is 0. The standard InChI is InChI=1S/C28H50O4Si2/c1-19(2)33(20(3)4,21(5)6)31-26-16-14-25(18-27(26)30-13)15-17-28(29)32-34(22(7)8,23(9)10)24(11)12/h14-24H,1-13H3. The van der Waals surface area contributed by atoms with Gasteiger partial charge in [0.1, 0.15) is 5.75 Å². The number of hydrogen-bond acceptors (Lipinski definition) is 4. The van der Waals surface area contributed by atoms with Crippen molar-refractivity contribution in [3.8, 4) is 11.5 Å². The molecule has 0 unspecified atom stereocenters. The average Bonchev–Trinajstić information content (AvgIpc) is 2.72. The predicted molar refractivity (Wildman–Crippen MR) is 151 cm³/mol. The van der Waals surface area contributed by atoms with E-state index in [0.29, 0.717) is 39.0 Å². The number of carbonyl (C=O) groups is 1. The summed E-state index contributed by atoms with van der Waals surface area (Å²) < 4.78 is 18.8. The number of rotatable bonds is 12. The molecule has 1 aromatic carbocycles. The van der Waals surface area contributed by atoms with Crippen LogP contribution < -0.4 is 9.16 Å². The Bertz CT molecular complexity index is 782. The van der Waals surface area contributed by atoms with Crippen LogP contribution in [0.5, 0.6) is 11.5 Å². The van der Waals surface area contributed by atoms with Crippen LogP contribution in [0.4, 0.5) is 0 Å². The van der Waals surface area contributed by atoms with Gasteiger partial charge in [-0.05, 0) is 57.0 Å². The molecular formula is C28H50O4Si2. The molecular weight excluding hydrogens is 456 g/mol. The van der Waals surface area contributed by atoms with Crippen LogP contribution in [0.25, 0.3) is 6.08 Å². The van der Waals surface area contributed by atoms with E-state index in [1.807, 2.05) is 24.3 Å². The zero-order valence-corrected chi connectivity index (χ0v) is 26.0. The van der Waals surface area contributed by atoms with Crippen LogP contribution in [-0.2, 0) is 9.22 Å². The molecule has 4 nitrogen and oxygen atoms in total. The number of methoxy groups -OCH3 is 1. The minimum atomic E-state index is -2.26. The second-order valence-corrected chi connectivity index (χ2v) is 22.2. The highest BCUT2D eigenvalue weighted by molar-refractivity contribution is 6.79. The first-order valence-corrected chi connectivity index (χ1v) is 17.2. The zero-order chi connectivity index (χ0) is 26.4. The van der Waals surface area contributed by atoms with Gasteiger partial charge in [0.15, 0.2) is 5.75 Å². The van der Waals surface area contributed by atoms with Crippen molar-refractivity contribution in [3.05, 3.63) is 29.8 Å². The molecule has 6 heteroatoms. The van der Waals surface area contributed by atoms with Crippen LogP contribution in [0.3, 0.4) is 0 Å². The largest absolute Gasteiger partial charge is 0.540 e. The highest BCUT2D eigenvalue weighted by Gasteiger charge is 2.48. The molecule has 0 atom stereocenters. The first-order chi connectivity index (χ1) is 15.7. The minimum absolute atomic E-state index is 0.257. The molecule has 1 rings (SSSR count). The fourth-order valence-corrected chi connectivity index (χ4v) is 16.5. The van der Waals surface area contributed by atoms with Gasteiger partial charge in [-0.3, -0.25) is 0 Å². The quantitative estimate of drug-likeness (QED) is 0.209. The van der Waals surface area contributed by atoms with E-state index in [-0.39, 0.29) is 5.97 Å². The first kappa shape index (κ1) is 30.5. The van der Waals surface area contributed by atoms with Gasteiger partial charge < -0.3 is 13.6 Å². The van der Waals surface area contributed by atoms with Crippen molar-refractivity contribution in [2.75, 3.05) is 7.11 Å². The molecule has 194 valence electrons. The molecule has 34 heavy (non-hydrogen) atoms. The van der Waals surface area contributed by atoms with E-state index in [9.17, 15) is 4.79 Å². The van der Waals surface area contributed by atoms with Crippen LogP contribution in [0, 0.1) is 0 Å². The Balaban J connectivity index is 3.22. The van der Waals surface area contributed by atoms with Gasteiger partial charge in [-0.1, -0.05) is 89.2 Å². The summed E-state index contributed by atoms with van der Waals surface area (Å²) in [4.78, 5) is 12.9. The van der Waals surface area contributed by atoms with Crippen molar-refractivity contribution in [2.45, 2.75) is 116 Å². The smallest absolute Gasteiger partial charge is 0.317 e. The maximum Gasteiger partial charge on any atom is 0.317 e. The molecule has 0 saturated carbocycles. The molecule has 0 N–H and O–H groups in total. The third-order valence-corrected chi connectivity index (χ3v) is 19.5. The van der Waals surface area contributed by atoms with Crippen LogP contribution in [-0.4, -0.2) is 29.7 Å². The SMILES string of the molecule is COc1cc(C=CC(=O)O[Si](C(C)C)(C(C)C)C(C)C)ccc1O[Si](C(C)C)(C(C)C)C(C)C. The Morgan fingerprint density at radius 2 is 1.15 bits per heavy atom. The molecule has 0 aliphatic rings. The van der Waals surface area contributed by atoms with E-state index in [4.69, 9.17) is 13.6 Å². The molecule has 0 radical (unpaired) electrons. The van der Waals surface area contributed by atoms with Gasteiger partial charge in [-0.2, -0.15) is 0 Å². The van der Waals surface area contributed by atoms with Gasteiger partial charge in [0.05, 0.1) is 7.11 Å². The molecule has 0 fully saturated rings. The minimum Gasteiger partial charge on any atom is -0.540 e. The second-order valence-electron chi connectivity index (χ2n) is 11.4. The van der Waals surface area contributed by atoms with Crippen molar-refractivity contribution in [1.82, 2.24) is 0 Å². The van der Waals surface area contributed by atoms with Crippen molar-refractivity contribution >= 4 is 28.7 Å². The van der Waals surface area contributed by atoms with Gasteiger partial charge in [0.2, 0.25) is 0 Å². The maximum absolute atomic E-state index is 12.9. The Labute approximate surface area is 211 Å². The lowest BCUT2D eigenvalue weighted by atomic mass is 10.2. The van der Waals surface area contributed by atoms with E-state index >= 15 is 0 Å². The molecule has 0 amide bonds. The third kappa shape index (κ3) is 6.36. The highest BCUT2D eigenvalue weighted by atomic mass is 28.4. The highest BCUT2D eigenvalue weighted by Crippen LogP contribution is 2.45. The normalized spacial score (nSPS) is 13.3. The Kier molecular flexibility index (Phi) is 11.2. The Morgan fingerprint density at radius 3 is 1.53 bits per heavy atom. The summed E-state index contributed by atoms with van der Waals surface area (Å²) in [7, 11) is -2.68. The van der Waals surface area contributed by atoms with Crippen LogP contribution in [0.1, 0.15) is 88.6 Å². The number of ether oxygens (including phenoxy) is 1. The van der Waals surface area contributed by atoms with Crippen molar-refractivity contribution in [2.24, 2.45) is 0 Å². The van der Waals surface area contributed by atoms with Gasteiger partial charge in [0, 0.05) is 6.08 Å². The average molecular weight is 507 g/mol. The molecule has 0 aliphatic heterocycles. The lowest BCUT2D eigenvalue weighted by Crippen LogP contribution is -2.50. The molecule has 1 aromatic rings. The van der Waals surface area contributed by atoms with Crippen LogP contribution >= 0.6 is 0 Å². The van der Waals surface area contributed by atoms with E-state index in [2.05, 4.69) is 83.1 Å². The van der Waals surface area contributed by atoms with Gasteiger partial charge >= 0.3 is 5.97 Å². The van der Waals surface area contributed by atoms with Crippen LogP contribution in [0.2, 0.25) is 33.2 Å². The van der Waals surface area contributed by atoms with Crippen molar-refractivity contribution in [1.29, 1.82) is 0 Å². The van der Waals surface area contributed by atoms with Gasteiger partial charge in [-0.25, -0.2) is 4.79 Å². The van der Waals surface area contributed by atoms with Gasteiger partial charge in [0.25, 0.3) is 16.6 Å². The van der Waals surface area contributed by atoms with E-state index in [0.717, 1.165) is 11.3 Å². The third-order valence-electron chi connectivity index (χ3n) is 7.58. The summed E-state index contributed by atoms with van der Waals surface area (Å²) in [6.07, 6.45) is 3.37. The van der Waals surface area contributed by atoms with E-state index in [1.54, 1.807) is 13.2 Å². The second kappa shape index (κ2) is 12.4. The summed E-state index contributed by atoms with van der Waals surface area (Å²) in [6.45, 7) is 26.7. The molecule has 0 spiro atoms. The summed E-state index contributed by atoms with van der Waals surface area (Å²) in [5, 5.41) is 0. The van der Waals surface area contributed by atoms with Crippen molar-refractivity contribution < 1.29 is 18.4 Å². The van der Waals surface area contributed by atoms with Crippen molar-refractivity contribution in [3.63, 3.8) is 0 Å². The molecule has 0 aromatic heterocycles. The lowest BCUT2D eigenvalue weighted by molar-refractivity contribution is -0.130. The maximum atomic E-state index is 12.9. The molecule has 0 aliphatic carbocycles. The predicted octanol–water partition coefficient (Wildman–Crippen LogP) is 8.98. The molecule has 0 saturated heterocycles. The fourth-order valence-electron chi connectivity index (χ4n) is 6.14. The monoisotopic (exact) mass is 506 g/mol. The summed E-state index contributed by atoms with van der Waals surface area (Å²) in [5.74, 6) is 1.23. The summed E-state index contributed by atoms with van der Waals surface area (Å²) in [6, 6.07) is 5.91. The topological polar surface area (TPSA) is 44.8 Å². The van der Waals surface area contributed by atoms with Gasteiger partial charge in [-0.15, -0.1) is 0 Å². The summed E-state index contributed by atoms with van der Waals surface area (Å²) >= 11 is 0. The fraction of sp³-hybridized carbons (Fsp3) is 0.679. The zero-order valence-electron chi connectivity index (χ0n) is 24.0. The summed E-state index contributed by atoms with van der Waals surface area (Å²) in [5.41, 5.74) is 3.37. The van der Waals surface area contributed by atoms with Crippen LogP contribution in [0.15, 0.2) is 24.3 Å². The number of carbonyl (C=O) groups excluding carboxylic acids is 1. The molecule has 0 bridgehead atoms. The first-order valence-electron chi connectivity index (χ1n) is 12.9. The number of benzene rings is 1.